The molecule has 212 valence electrons. The number of phenolic OH excluding ortho intramolecular Hbond substituents is 1. The molecule has 5 rings (SSSR count). The summed E-state index contributed by atoms with van der Waals surface area (Å²) in [4.78, 5) is 20.9. The SMILES string of the molecule is O=C(CCc1cccc(Cn2nc(CS(=O)(=O)c3ccc(Cl)s3)c3c(O)cccc32)c1)C1COCCN1.O=CO. The fourth-order valence-corrected chi connectivity index (χ4v) is 7.34. The number of fused-ring (bicyclic) bond motifs is 1. The van der Waals surface area contributed by atoms with Crippen LogP contribution in [0.4, 0.5) is 0 Å². The first-order valence-electron chi connectivity index (χ1n) is 12.4. The number of carbonyl (C=O) groups is 2. The highest BCUT2D eigenvalue weighted by atomic mass is 35.5. The van der Waals surface area contributed by atoms with E-state index in [1.54, 1.807) is 16.8 Å². The van der Waals surface area contributed by atoms with Crippen LogP contribution >= 0.6 is 22.9 Å². The van der Waals surface area contributed by atoms with E-state index in [1.165, 1.54) is 12.1 Å². The van der Waals surface area contributed by atoms with Gasteiger partial charge < -0.3 is 20.3 Å². The summed E-state index contributed by atoms with van der Waals surface area (Å²) < 4.78 is 33.7. The summed E-state index contributed by atoms with van der Waals surface area (Å²) >= 11 is 6.94. The zero-order chi connectivity index (χ0) is 28.7. The van der Waals surface area contributed by atoms with Crippen LogP contribution in [0.2, 0.25) is 4.34 Å². The number of halogens is 1. The largest absolute Gasteiger partial charge is 0.507 e. The number of aromatic nitrogens is 2. The number of aromatic hydroxyl groups is 1. The predicted molar refractivity (Wildman–Crippen MR) is 152 cm³/mol. The molecule has 0 radical (unpaired) electrons. The van der Waals surface area contributed by atoms with E-state index in [1.807, 2.05) is 30.3 Å². The molecule has 0 aliphatic carbocycles. The highest BCUT2D eigenvalue weighted by molar-refractivity contribution is 7.92. The summed E-state index contributed by atoms with van der Waals surface area (Å²) in [6.07, 6.45) is 1.02. The van der Waals surface area contributed by atoms with Crippen LogP contribution in [0.15, 0.2) is 58.8 Å². The number of hydrogen-bond donors (Lipinski definition) is 3. The molecule has 13 heteroatoms. The average Bonchev–Trinajstić information content (AvgIpc) is 3.53. The van der Waals surface area contributed by atoms with Crippen LogP contribution in [-0.4, -0.2) is 66.5 Å². The van der Waals surface area contributed by atoms with Crippen molar-refractivity contribution in [3.8, 4) is 5.75 Å². The minimum Gasteiger partial charge on any atom is -0.507 e. The van der Waals surface area contributed by atoms with Crippen LogP contribution in [0.25, 0.3) is 10.9 Å². The topological polar surface area (TPSA) is 148 Å². The number of phenols is 1. The molecule has 3 heterocycles. The van der Waals surface area contributed by atoms with Crippen molar-refractivity contribution in [1.29, 1.82) is 0 Å². The lowest BCUT2D eigenvalue weighted by Crippen LogP contribution is -2.46. The maximum absolute atomic E-state index is 13.0. The first-order valence-corrected chi connectivity index (χ1v) is 15.2. The minimum absolute atomic E-state index is 0.0225. The van der Waals surface area contributed by atoms with E-state index in [0.717, 1.165) is 22.5 Å². The van der Waals surface area contributed by atoms with Crippen molar-refractivity contribution in [3.05, 3.63) is 75.8 Å². The summed E-state index contributed by atoms with van der Waals surface area (Å²) in [7, 11) is -3.69. The third kappa shape index (κ3) is 7.26. The smallest absolute Gasteiger partial charge is 0.290 e. The van der Waals surface area contributed by atoms with E-state index in [-0.39, 0.29) is 39.7 Å². The number of ether oxygens (including phenoxy) is 1. The Morgan fingerprint density at radius 2 is 1.95 bits per heavy atom. The molecule has 1 saturated heterocycles. The summed E-state index contributed by atoms with van der Waals surface area (Å²) in [6.45, 7) is 1.85. The fourth-order valence-electron chi connectivity index (χ4n) is 4.50. The quantitative estimate of drug-likeness (QED) is 0.243. The lowest BCUT2D eigenvalue weighted by atomic mass is 10.0. The van der Waals surface area contributed by atoms with E-state index in [9.17, 15) is 18.3 Å². The molecular weight excluding hydrogens is 578 g/mol. The first-order chi connectivity index (χ1) is 19.2. The fraction of sp³-hybridized carbons (Fsp3) is 0.296. The van der Waals surface area contributed by atoms with Crippen molar-refractivity contribution in [2.75, 3.05) is 19.8 Å². The second-order valence-electron chi connectivity index (χ2n) is 9.07. The third-order valence-electron chi connectivity index (χ3n) is 6.30. The van der Waals surface area contributed by atoms with Gasteiger partial charge in [-0.3, -0.25) is 14.3 Å². The number of carboxylic acid groups (broad SMARTS) is 1. The first kappa shape index (κ1) is 29.7. The molecule has 1 fully saturated rings. The molecule has 0 amide bonds. The van der Waals surface area contributed by atoms with Gasteiger partial charge in [-0.1, -0.05) is 41.9 Å². The van der Waals surface area contributed by atoms with Crippen LogP contribution in [0.5, 0.6) is 5.75 Å². The van der Waals surface area contributed by atoms with E-state index < -0.39 is 9.84 Å². The Morgan fingerprint density at radius 1 is 1.20 bits per heavy atom. The normalized spacial score (nSPS) is 15.4. The molecule has 1 unspecified atom stereocenters. The van der Waals surface area contributed by atoms with Gasteiger partial charge in [-0.15, -0.1) is 11.3 Å². The van der Waals surface area contributed by atoms with Crippen LogP contribution < -0.4 is 5.32 Å². The molecule has 0 bridgehead atoms. The Kier molecular flexibility index (Phi) is 9.93. The Morgan fingerprint density at radius 3 is 2.65 bits per heavy atom. The molecule has 3 N–H and O–H groups in total. The Hall–Kier alpha value is -3.29. The summed E-state index contributed by atoms with van der Waals surface area (Å²) in [5, 5.41) is 25.7. The molecule has 4 aromatic rings. The van der Waals surface area contributed by atoms with Crippen molar-refractivity contribution in [3.63, 3.8) is 0 Å². The number of nitrogens with one attached hydrogen (secondary N) is 1. The van der Waals surface area contributed by atoms with Gasteiger partial charge in [-0.2, -0.15) is 5.10 Å². The Bertz CT molecular complexity index is 1590. The molecule has 40 heavy (non-hydrogen) atoms. The molecular formula is C27H28ClN3O7S2. The number of ketones is 1. The van der Waals surface area contributed by atoms with Crippen molar-refractivity contribution >= 4 is 55.9 Å². The van der Waals surface area contributed by atoms with Crippen LogP contribution in [0.1, 0.15) is 23.2 Å². The zero-order valence-electron chi connectivity index (χ0n) is 21.3. The number of sulfone groups is 1. The Balaban J connectivity index is 0.00000118. The monoisotopic (exact) mass is 605 g/mol. The molecule has 0 saturated carbocycles. The summed E-state index contributed by atoms with van der Waals surface area (Å²) in [5.74, 6) is -0.242. The van der Waals surface area contributed by atoms with Crippen molar-refractivity contribution in [2.45, 2.75) is 35.4 Å². The maximum Gasteiger partial charge on any atom is 0.290 e. The van der Waals surface area contributed by atoms with Gasteiger partial charge in [0.25, 0.3) is 6.47 Å². The van der Waals surface area contributed by atoms with E-state index in [4.69, 9.17) is 26.2 Å². The lowest BCUT2D eigenvalue weighted by Gasteiger charge is -2.22. The van der Waals surface area contributed by atoms with E-state index >= 15 is 0 Å². The number of nitrogens with zero attached hydrogens (tertiary/aromatic N) is 2. The van der Waals surface area contributed by atoms with Crippen molar-refractivity contribution in [1.82, 2.24) is 15.1 Å². The molecule has 2 aromatic carbocycles. The molecule has 10 nitrogen and oxygen atoms in total. The van der Waals surface area contributed by atoms with Gasteiger partial charge >= 0.3 is 0 Å². The third-order valence-corrected chi connectivity index (χ3v) is 9.74. The highest BCUT2D eigenvalue weighted by Crippen LogP contribution is 2.33. The second-order valence-corrected chi connectivity index (χ2v) is 13.0. The van der Waals surface area contributed by atoms with Gasteiger partial charge in [0.2, 0.25) is 0 Å². The summed E-state index contributed by atoms with van der Waals surface area (Å²) in [6, 6.07) is 15.7. The molecule has 1 atom stereocenters. The maximum atomic E-state index is 13.0. The molecule has 1 aliphatic heterocycles. The van der Waals surface area contributed by atoms with Gasteiger partial charge in [-0.05, 0) is 41.8 Å². The van der Waals surface area contributed by atoms with Gasteiger partial charge in [-0.25, -0.2) is 8.42 Å². The van der Waals surface area contributed by atoms with Gasteiger partial charge in [0, 0.05) is 13.0 Å². The zero-order valence-corrected chi connectivity index (χ0v) is 23.7. The second kappa shape index (κ2) is 13.4. The molecule has 0 spiro atoms. The van der Waals surface area contributed by atoms with Gasteiger partial charge in [0.1, 0.15) is 15.7 Å². The number of carbonyl (C=O) groups excluding carboxylic acids is 1. The average molecular weight is 606 g/mol. The Labute approximate surface area is 240 Å². The highest BCUT2D eigenvalue weighted by Gasteiger charge is 2.24. The standard InChI is InChI=1S/C26H26ClN3O5S2.CH2O2/c27-24-9-10-25(36-24)37(33,34)16-20-26-21(5-2-6-23(26)32)30(29-20)14-18-4-1-3-17(13-18)7-8-22(31)19-15-35-12-11-28-19;2-1-3/h1-6,9-10,13,19,28,32H,7-8,11-12,14-16H2;1H,(H,2,3). The number of benzene rings is 2. The number of morpholine rings is 1. The molecule has 1 aliphatic rings. The summed E-state index contributed by atoms with van der Waals surface area (Å²) in [5.41, 5.74) is 2.90. The number of aryl methyl sites for hydroxylation is 1. The van der Waals surface area contributed by atoms with Crippen LogP contribution in [0.3, 0.4) is 0 Å². The van der Waals surface area contributed by atoms with Gasteiger partial charge in [0.05, 0.1) is 46.7 Å². The van der Waals surface area contributed by atoms with Crippen molar-refractivity contribution < 1.29 is 33.0 Å². The lowest BCUT2D eigenvalue weighted by molar-refractivity contribution is -0.124. The van der Waals surface area contributed by atoms with Gasteiger partial charge in [0.15, 0.2) is 15.6 Å². The number of rotatable bonds is 9. The number of hydrogen-bond acceptors (Lipinski definition) is 9. The van der Waals surface area contributed by atoms with E-state index in [0.29, 0.717) is 54.4 Å². The minimum atomic E-state index is -3.69. The molecule has 2 aromatic heterocycles. The predicted octanol–water partition coefficient (Wildman–Crippen LogP) is 3.67. The van der Waals surface area contributed by atoms with Crippen molar-refractivity contribution in [2.24, 2.45) is 0 Å². The van der Waals surface area contributed by atoms with Crippen LogP contribution in [-0.2, 0) is 42.9 Å². The van der Waals surface area contributed by atoms with E-state index in [2.05, 4.69) is 10.4 Å². The van der Waals surface area contributed by atoms with Crippen LogP contribution in [0, 0.1) is 0 Å². The number of Topliss-reactive ketones (excluding diaryl/α,β-unsaturated/α-hetero) is 1. The number of thiophene rings is 1.